The molecule has 3 N–H and O–H groups in total. The van der Waals surface area contributed by atoms with Crippen molar-refractivity contribution in [3.05, 3.63) is 23.8 Å². The normalized spacial score (nSPS) is 17.2. The van der Waals surface area contributed by atoms with Crippen LogP contribution in [0, 0.1) is 5.41 Å². The lowest BCUT2D eigenvalue weighted by molar-refractivity contribution is 0.149. The molecule has 0 aromatic heterocycles. The van der Waals surface area contributed by atoms with E-state index in [9.17, 15) is 5.11 Å². The number of aliphatic hydroxyl groups is 1. The summed E-state index contributed by atoms with van der Waals surface area (Å²) < 4.78 is 10.5. The second kappa shape index (κ2) is 4.31. The van der Waals surface area contributed by atoms with Gasteiger partial charge >= 0.3 is 0 Å². The zero-order valence-electron chi connectivity index (χ0n) is 9.40. The van der Waals surface area contributed by atoms with Gasteiger partial charge in [-0.05, 0) is 24.1 Å². The summed E-state index contributed by atoms with van der Waals surface area (Å²) >= 11 is 0. The molecule has 88 valence electrons. The molecule has 1 heterocycles. The van der Waals surface area contributed by atoms with E-state index in [2.05, 4.69) is 0 Å². The van der Waals surface area contributed by atoms with Crippen molar-refractivity contribution in [1.29, 1.82) is 0 Å². The van der Waals surface area contributed by atoms with E-state index in [-0.39, 0.29) is 18.8 Å². The maximum atomic E-state index is 9.30. The van der Waals surface area contributed by atoms with Gasteiger partial charge in [0.25, 0.3) is 0 Å². The molecule has 4 heteroatoms. The Hall–Kier alpha value is -1.26. The second-order valence-electron chi connectivity index (χ2n) is 4.54. The van der Waals surface area contributed by atoms with Gasteiger partial charge in [0.2, 0.25) is 6.79 Å². The van der Waals surface area contributed by atoms with Crippen molar-refractivity contribution in [1.82, 2.24) is 0 Å². The minimum absolute atomic E-state index is 0.0813. The standard InChI is InChI=1S/C12H17NO3/c1-12(6-13,7-14)5-9-2-3-10-11(4-9)16-8-15-10/h2-4,14H,5-8,13H2,1H3. The van der Waals surface area contributed by atoms with Crippen LogP contribution in [0.15, 0.2) is 18.2 Å². The van der Waals surface area contributed by atoms with Crippen LogP contribution in [0.5, 0.6) is 11.5 Å². The first kappa shape index (κ1) is 11.2. The predicted molar refractivity (Wildman–Crippen MR) is 60.5 cm³/mol. The molecule has 1 aromatic carbocycles. The molecule has 0 amide bonds. The average molecular weight is 223 g/mol. The average Bonchev–Trinajstić information content (AvgIpc) is 2.76. The molecular formula is C12H17NO3. The molecule has 16 heavy (non-hydrogen) atoms. The van der Waals surface area contributed by atoms with Gasteiger partial charge in [-0.15, -0.1) is 0 Å². The van der Waals surface area contributed by atoms with Gasteiger partial charge in [-0.3, -0.25) is 0 Å². The summed E-state index contributed by atoms with van der Waals surface area (Å²) in [6, 6.07) is 5.83. The zero-order valence-corrected chi connectivity index (χ0v) is 9.40. The van der Waals surface area contributed by atoms with Crippen LogP contribution in [0.3, 0.4) is 0 Å². The number of aliphatic hydroxyl groups excluding tert-OH is 1. The fourth-order valence-corrected chi connectivity index (χ4v) is 1.74. The van der Waals surface area contributed by atoms with E-state index >= 15 is 0 Å². The molecule has 4 nitrogen and oxygen atoms in total. The smallest absolute Gasteiger partial charge is 0.231 e. The number of benzene rings is 1. The summed E-state index contributed by atoms with van der Waals surface area (Å²) in [4.78, 5) is 0. The van der Waals surface area contributed by atoms with Crippen molar-refractivity contribution in [2.24, 2.45) is 11.1 Å². The SMILES string of the molecule is CC(CN)(CO)Cc1ccc2c(c1)OCO2. The lowest BCUT2D eigenvalue weighted by atomic mass is 9.84. The highest BCUT2D eigenvalue weighted by atomic mass is 16.7. The van der Waals surface area contributed by atoms with Gasteiger partial charge in [0.1, 0.15) is 0 Å². The molecule has 0 spiro atoms. The van der Waals surface area contributed by atoms with Crippen LogP contribution in [0.2, 0.25) is 0 Å². The monoisotopic (exact) mass is 223 g/mol. The van der Waals surface area contributed by atoms with Crippen LogP contribution in [0.1, 0.15) is 12.5 Å². The number of fused-ring (bicyclic) bond motifs is 1. The molecule has 1 aliphatic heterocycles. The van der Waals surface area contributed by atoms with Gasteiger partial charge in [-0.1, -0.05) is 13.0 Å². The molecule has 0 fully saturated rings. The molecule has 1 atom stereocenters. The van der Waals surface area contributed by atoms with Crippen molar-refractivity contribution in [3.8, 4) is 11.5 Å². The van der Waals surface area contributed by atoms with E-state index in [1.807, 2.05) is 25.1 Å². The highest BCUT2D eigenvalue weighted by Gasteiger charge is 2.23. The summed E-state index contributed by atoms with van der Waals surface area (Å²) in [6.45, 7) is 2.79. The highest BCUT2D eigenvalue weighted by Crippen LogP contribution is 2.34. The van der Waals surface area contributed by atoms with Gasteiger partial charge in [-0.2, -0.15) is 0 Å². The highest BCUT2D eigenvalue weighted by molar-refractivity contribution is 5.44. The number of nitrogens with two attached hydrogens (primary N) is 1. The fraction of sp³-hybridized carbons (Fsp3) is 0.500. The Morgan fingerprint density at radius 3 is 2.81 bits per heavy atom. The molecule has 0 saturated heterocycles. The Balaban J connectivity index is 2.16. The van der Waals surface area contributed by atoms with Crippen molar-refractivity contribution < 1.29 is 14.6 Å². The van der Waals surface area contributed by atoms with Gasteiger partial charge in [-0.25, -0.2) is 0 Å². The molecular weight excluding hydrogens is 206 g/mol. The quantitative estimate of drug-likeness (QED) is 0.796. The van der Waals surface area contributed by atoms with E-state index < -0.39 is 0 Å². The van der Waals surface area contributed by atoms with Crippen LogP contribution < -0.4 is 15.2 Å². The summed E-state index contributed by atoms with van der Waals surface area (Å²) in [7, 11) is 0. The third-order valence-corrected chi connectivity index (χ3v) is 2.94. The van der Waals surface area contributed by atoms with Crippen LogP contribution >= 0.6 is 0 Å². The number of ether oxygens (including phenoxy) is 2. The van der Waals surface area contributed by atoms with Gasteiger partial charge < -0.3 is 20.3 Å². The maximum Gasteiger partial charge on any atom is 0.231 e. The van der Waals surface area contributed by atoms with Gasteiger partial charge in [0.15, 0.2) is 11.5 Å². The molecule has 0 aliphatic carbocycles. The van der Waals surface area contributed by atoms with Gasteiger partial charge in [0, 0.05) is 18.6 Å². The summed E-state index contributed by atoms with van der Waals surface area (Å²) in [5, 5.41) is 9.30. The second-order valence-corrected chi connectivity index (χ2v) is 4.54. The minimum Gasteiger partial charge on any atom is -0.454 e. The molecule has 0 saturated carbocycles. The third-order valence-electron chi connectivity index (χ3n) is 2.94. The maximum absolute atomic E-state index is 9.30. The summed E-state index contributed by atoms with van der Waals surface area (Å²) in [5.74, 6) is 1.55. The fourth-order valence-electron chi connectivity index (χ4n) is 1.74. The predicted octanol–water partition coefficient (Wildman–Crippen LogP) is 0.915. The van der Waals surface area contributed by atoms with Crippen LogP contribution in [-0.2, 0) is 6.42 Å². The summed E-state index contributed by atoms with van der Waals surface area (Å²) in [5.41, 5.74) is 6.50. The third kappa shape index (κ3) is 2.13. The van der Waals surface area contributed by atoms with E-state index in [1.165, 1.54) is 0 Å². The first-order chi connectivity index (χ1) is 7.67. The number of hydrogen-bond acceptors (Lipinski definition) is 4. The van der Waals surface area contributed by atoms with Crippen LogP contribution in [0.4, 0.5) is 0 Å². The molecule has 1 aromatic rings. The molecule has 0 radical (unpaired) electrons. The van der Waals surface area contributed by atoms with E-state index in [0.717, 1.165) is 23.5 Å². The van der Waals surface area contributed by atoms with Gasteiger partial charge in [0.05, 0.1) is 0 Å². The molecule has 1 aliphatic rings. The first-order valence-corrected chi connectivity index (χ1v) is 5.36. The Labute approximate surface area is 95.0 Å². The van der Waals surface area contributed by atoms with Crippen LogP contribution in [0.25, 0.3) is 0 Å². The Bertz CT molecular complexity index is 375. The molecule has 1 unspecified atom stereocenters. The lowest BCUT2D eigenvalue weighted by Crippen LogP contribution is -2.33. The largest absolute Gasteiger partial charge is 0.454 e. The lowest BCUT2D eigenvalue weighted by Gasteiger charge is -2.25. The molecule has 2 rings (SSSR count). The topological polar surface area (TPSA) is 64.7 Å². The van der Waals surface area contributed by atoms with E-state index in [1.54, 1.807) is 0 Å². The van der Waals surface area contributed by atoms with Crippen molar-refractivity contribution in [3.63, 3.8) is 0 Å². The Morgan fingerprint density at radius 2 is 2.12 bits per heavy atom. The van der Waals surface area contributed by atoms with Crippen molar-refractivity contribution >= 4 is 0 Å². The molecule has 0 bridgehead atoms. The summed E-state index contributed by atoms with van der Waals surface area (Å²) in [6.07, 6.45) is 0.733. The zero-order chi connectivity index (χ0) is 11.6. The number of rotatable bonds is 4. The van der Waals surface area contributed by atoms with E-state index in [0.29, 0.717) is 6.54 Å². The minimum atomic E-state index is -0.270. The van der Waals surface area contributed by atoms with Crippen LogP contribution in [-0.4, -0.2) is 25.1 Å². The first-order valence-electron chi connectivity index (χ1n) is 5.36. The van der Waals surface area contributed by atoms with Crippen molar-refractivity contribution in [2.75, 3.05) is 19.9 Å². The Kier molecular flexibility index (Phi) is 3.03. The Morgan fingerprint density at radius 1 is 1.38 bits per heavy atom. The number of hydrogen-bond donors (Lipinski definition) is 2. The van der Waals surface area contributed by atoms with Crippen molar-refractivity contribution in [2.45, 2.75) is 13.3 Å². The van der Waals surface area contributed by atoms with E-state index in [4.69, 9.17) is 15.2 Å².